The van der Waals surface area contributed by atoms with Gasteiger partial charge in [0.1, 0.15) is 0 Å². The van der Waals surface area contributed by atoms with Gasteiger partial charge in [0.2, 0.25) is 0 Å². The number of hydrogen-bond acceptors (Lipinski definition) is 4. The molecule has 1 aromatic rings. The summed E-state index contributed by atoms with van der Waals surface area (Å²) in [5.74, 6) is 2.50. The lowest BCUT2D eigenvalue weighted by Gasteiger charge is -2.43. The number of ether oxygens (including phenoxy) is 1. The summed E-state index contributed by atoms with van der Waals surface area (Å²) in [5.41, 5.74) is 1.30. The van der Waals surface area contributed by atoms with Crippen LogP contribution in [0.5, 0.6) is 0 Å². The van der Waals surface area contributed by atoms with Crippen molar-refractivity contribution in [2.24, 2.45) is 0 Å². The van der Waals surface area contributed by atoms with Gasteiger partial charge in [-0.05, 0) is 56.2 Å². The molecule has 4 nitrogen and oxygen atoms in total. The predicted molar refractivity (Wildman–Crippen MR) is 87.7 cm³/mol. The standard InChI is InChI=1S/C16H27N3OS/c1-2-7-17-13-14-3-8-19(18-14)15-4-9-20-16(12-15)5-10-21-11-6-16/h3,8,15,17H,2,4-7,9-13H2,1H3. The van der Waals surface area contributed by atoms with E-state index in [1.807, 2.05) is 0 Å². The van der Waals surface area contributed by atoms with Crippen LogP contribution in [0.4, 0.5) is 0 Å². The van der Waals surface area contributed by atoms with Crippen LogP contribution in [0.1, 0.15) is 50.8 Å². The van der Waals surface area contributed by atoms with Crippen LogP contribution in [0.15, 0.2) is 12.3 Å². The van der Waals surface area contributed by atoms with Gasteiger partial charge in [0.05, 0.1) is 17.3 Å². The molecule has 21 heavy (non-hydrogen) atoms. The van der Waals surface area contributed by atoms with Crippen molar-refractivity contribution in [1.82, 2.24) is 15.1 Å². The number of hydrogen-bond donors (Lipinski definition) is 1. The Morgan fingerprint density at radius 2 is 2.33 bits per heavy atom. The lowest BCUT2D eigenvalue weighted by atomic mass is 9.85. The van der Waals surface area contributed by atoms with Gasteiger partial charge in [-0.25, -0.2) is 0 Å². The van der Waals surface area contributed by atoms with Crippen LogP contribution in [0, 0.1) is 0 Å². The highest BCUT2D eigenvalue weighted by molar-refractivity contribution is 7.99. The maximum absolute atomic E-state index is 6.18. The Labute approximate surface area is 132 Å². The summed E-state index contributed by atoms with van der Waals surface area (Å²) in [5, 5.41) is 8.20. The second kappa shape index (κ2) is 7.16. The molecule has 2 aliphatic rings. The number of nitrogens with zero attached hydrogens (tertiary/aromatic N) is 2. The first-order chi connectivity index (χ1) is 10.3. The van der Waals surface area contributed by atoms with Crippen molar-refractivity contribution in [2.45, 2.75) is 57.2 Å². The fourth-order valence-corrected chi connectivity index (χ4v) is 4.62. The fraction of sp³-hybridized carbons (Fsp3) is 0.812. The number of nitrogens with one attached hydrogen (secondary N) is 1. The molecule has 2 saturated heterocycles. The zero-order chi connectivity index (χ0) is 14.5. The summed E-state index contributed by atoms with van der Waals surface area (Å²) >= 11 is 2.06. The Morgan fingerprint density at radius 1 is 1.48 bits per heavy atom. The maximum Gasteiger partial charge on any atom is 0.0762 e. The van der Waals surface area contributed by atoms with Gasteiger partial charge in [0.15, 0.2) is 0 Å². The predicted octanol–water partition coefficient (Wildman–Crippen LogP) is 3.00. The fourth-order valence-electron chi connectivity index (χ4n) is 3.39. The molecule has 0 aliphatic carbocycles. The lowest BCUT2D eigenvalue weighted by molar-refractivity contribution is -0.100. The molecule has 0 amide bonds. The van der Waals surface area contributed by atoms with Crippen molar-refractivity contribution < 1.29 is 4.74 Å². The summed E-state index contributed by atoms with van der Waals surface area (Å²) in [6, 6.07) is 2.67. The quantitative estimate of drug-likeness (QED) is 0.849. The molecule has 2 aliphatic heterocycles. The average molecular weight is 309 g/mol. The molecule has 0 saturated carbocycles. The topological polar surface area (TPSA) is 39.1 Å². The molecular weight excluding hydrogens is 282 g/mol. The third-order valence-corrected chi connectivity index (χ3v) is 5.63. The molecule has 0 radical (unpaired) electrons. The SMILES string of the molecule is CCCNCc1ccn(C2CCOC3(CCSCC3)C2)n1. The second-order valence-electron chi connectivity index (χ2n) is 6.25. The molecule has 0 bridgehead atoms. The van der Waals surface area contributed by atoms with E-state index >= 15 is 0 Å². The molecule has 1 unspecified atom stereocenters. The van der Waals surface area contributed by atoms with E-state index < -0.39 is 0 Å². The summed E-state index contributed by atoms with van der Waals surface area (Å²) < 4.78 is 8.37. The van der Waals surface area contributed by atoms with Crippen LogP contribution in [0.3, 0.4) is 0 Å². The van der Waals surface area contributed by atoms with E-state index in [0.717, 1.165) is 38.2 Å². The molecular formula is C16H27N3OS. The van der Waals surface area contributed by atoms with Crippen LogP contribution in [-0.4, -0.2) is 40.0 Å². The van der Waals surface area contributed by atoms with Gasteiger partial charge in [-0.15, -0.1) is 0 Å². The van der Waals surface area contributed by atoms with Gasteiger partial charge in [-0.3, -0.25) is 4.68 Å². The maximum atomic E-state index is 6.18. The van der Waals surface area contributed by atoms with Gasteiger partial charge in [0.25, 0.3) is 0 Å². The molecule has 5 heteroatoms. The van der Waals surface area contributed by atoms with E-state index in [-0.39, 0.29) is 5.60 Å². The number of aromatic nitrogens is 2. The Bertz CT molecular complexity index is 437. The Morgan fingerprint density at radius 3 is 3.14 bits per heavy atom. The van der Waals surface area contributed by atoms with Crippen molar-refractivity contribution >= 4 is 11.8 Å². The molecule has 3 rings (SSSR count). The van der Waals surface area contributed by atoms with E-state index in [0.29, 0.717) is 6.04 Å². The molecule has 1 N–H and O–H groups in total. The molecule has 3 heterocycles. The lowest BCUT2D eigenvalue weighted by Crippen LogP contribution is -2.43. The monoisotopic (exact) mass is 309 g/mol. The molecule has 1 atom stereocenters. The van der Waals surface area contributed by atoms with Crippen molar-refractivity contribution in [3.8, 4) is 0 Å². The first kappa shape index (κ1) is 15.4. The molecule has 118 valence electrons. The van der Waals surface area contributed by atoms with Crippen LogP contribution >= 0.6 is 11.8 Å². The van der Waals surface area contributed by atoms with E-state index in [2.05, 4.69) is 40.9 Å². The third-order valence-electron chi connectivity index (χ3n) is 4.64. The van der Waals surface area contributed by atoms with Crippen molar-refractivity contribution in [2.75, 3.05) is 24.7 Å². The van der Waals surface area contributed by atoms with E-state index in [1.165, 1.54) is 30.8 Å². The number of thioether (sulfide) groups is 1. The van der Waals surface area contributed by atoms with Crippen LogP contribution in [0.25, 0.3) is 0 Å². The van der Waals surface area contributed by atoms with Gasteiger partial charge in [-0.1, -0.05) is 6.92 Å². The van der Waals surface area contributed by atoms with E-state index in [1.54, 1.807) is 0 Å². The smallest absolute Gasteiger partial charge is 0.0762 e. The highest BCUT2D eigenvalue weighted by atomic mass is 32.2. The summed E-state index contributed by atoms with van der Waals surface area (Å²) in [4.78, 5) is 0. The number of rotatable bonds is 5. The molecule has 1 aromatic heterocycles. The minimum atomic E-state index is 0.140. The van der Waals surface area contributed by atoms with Crippen molar-refractivity contribution in [3.05, 3.63) is 18.0 Å². The van der Waals surface area contributed by atoms with Gasteiger partial charge >= 0.3 is 0 Å². The first-order valence-corrected chi connectivity index (χ1v) is 9.43. The summed E-state index contributed by atoms with van der Waals surface area (Å²) in [6.07, 6.45) is 7.97. The summed E-state index contributed by atoms with van der Waals surface area (Å²) in [7, 11) is 0. The van der Waals surface area contributed by atoms with Gasteiger partial charge in [0, 0.05) is 19.3 Å². The average Bonchev–Trinajstić information content (AvgIpc) is 2.97. The third kappa shape index (κ3) is 3.82. The van der Waals surface area contributed by atoms with Crippen molar-refractivity contribution in [3.63, 3.8) is 0 Å². The second-order valence-corrected chi connectivity index (χ2v) is 7.48. The highest BCUT2D eigenvalue weighted by Crippen LogP contribution is 2.41. The first-order valence-electron chi connectivity index (χ1n) is 8.28. The van der Waals surface area contributed by atoms with E-state index in [4.69, 9.17) is 9.84 Å². The summed E-state index contributed by atoms with van der Waals surface area (Å²) in [6.45, 7) is 5.02. The zero-order valence-electron chi connectivity index (χ0n) is 13.0. The molecule has 1 spiro atoms. The zero-order valence-corrected chi connectivity index (χ0v) is 13.8. The largest absolute Gasteiger partial charge is 0.375 e. The Balaban J connectivity index is 1.60. The minimum absolute atomic E-state index is 0.140. The normalized spacial score (nSPS) is 25.3. The van der Waals surface area contributed by atoms with Crippen molar-refractivity contribution in [1.29, 1.82) is 0 Å². The van der Waals surface area contributed by atoms with Crippen LogP contribution < -0.4 is 5.32 Å². The Hall–Kier alpha value is -0.520. The highest BCUT2D eigenvalue weighted by Gasteiger charge is 2.39. The molecule has 0 aromatic carbocycles. The minimum Gasteiger partial charge on any atom is -0.375 e. The van der Waals surface area contributed by atoms with Crippen LogP contribution in [-0.2, 0) is 11.3 Å². The Kier molecular flexibility index (Phi) is 5.24. The van der Waals surface area contributed by atoms with Crippen LogP contribution in [0.2, 0.25) is 0 Å². The van der Waals surface area contributed by atoms with Gasteiger partial charge in [-0.2, -0.15) is 16.9 Å². The van der Waals surface area contributed by atoms with E-state index in [9.17, 15) is 0 Å². The molecule has 2 fully saturated rings. The van der Waals surface area contributed by atoms with Gasteiger partial charge < -0.3 is 10.1 Å².